The number of esters is 1. The van der Waals surface area contributed by atoms with Crippen LogP contribution in [-0.4, -0.2) is 57.4 Å². The molecule has 3 aromatic carbocycles. The zero-order valence-electron chi connectivity index (χ0n) is 29.2. The molecule has 2 aliphatic rings. The van der Waals surface area contributed by atoms with Crippen molar-refractivity contribution in [2.45, 2.75) is 76.9 Å². The van der Waals surface area contributed by atoms with Gasteiger partial charge in [-0.15, -0.1) is 0 Å². The molecule has 1 aliphatic heterocycles. The van der Waals surface area contributed by atoms with E-state index in [1.54, 1.807) is 39.8 Å². The zero-order chi connectivity index (χ0) is 37.9. The van der Waals surface area contributed by atoms with E-state index in [0.29, 0.717) is 16.5 Å². The van der Waals surface area contributed by atoms with Gasteiger partial charge in [0.05, 0.1) is 35.0 Å². The van der Waals surface area contributed by atoms with E-state index in [2.05, 4.69) is 5.32 Å². The van der Waals surface area contributed by atoms with Gasteiger partial charge in [-0.1, -0.05) is 6.07 Å². The predicted octanol–water partition coefficient (Wildman–Crippen LogP) is 6.38. The van der Waals surface area contributed by atoms with Crippen molar-refractivity contribution in [3.63, 3.8) is 0 Å². The SMILES string of the molecule is CNC(=O)c1c(-c2ccc(F)cc2)oc2cc(CN(Cc3ccc(C(F)(F)F)c(B4OC(C)(C)C(C)(C)O4)c3C(=O)OC)S(=O)[O-])c(C3CC3)cc12. The Labute approximate surface area is 300 Å². The summed E-state index contributed by atoms with van der Waals surface area (Å²) in [6.07, 6.45) is -3.32. The minimum Gasteiger partial charge on any atom is -0.760 e. The molecule has 1 aliphatic carbocycles. The quantitative estimate of drug-likeness (QED) is 0.0858. The summed E-state index contributed by atoms with van der Waals surface area (Å²) in [5.74, 6) is -1.80. The van der Waals surface area contributed by atoms with Crippen LogP contribution in [0.1, 0.15) is 89.4 Å². The second-order valence-electron chi connectivity index (χ2n) is 13.9. The molecular formula is C36H36BF4N2O8S-. The van der Waals surface area contributed by atoms with Crippen molar-refractivity contribution < 1.29 is 54.4 Å². The molecule has 1 amide bonds. The molecule has 1 N–H and O–H groups in total. The number of carbonyl (C=O) groups excluding carboxylic acids is 2. The Bertz CT molecular complexity index is 2060. The number of hydrogen-bond acceptors (Lipinski definition) is 8. The van der Waals surface area contributed by atoms with E-state index < -0.39 is 76.6 Å². The molecule has 1 aromatic heterocycles. The van der Waals surface area contributed by atoms with E-state index in [1.807, 2.05) is 0 Å². The first-order chi connectivity index (χ1) is 24.4. The van der Waals surface area contributed by atoms with Crippen LogP contribution in [0.4, 0.5) is 17.6 Å². The van der Waals surface area contributed by atoms with Gasteiger partial charge in [0, 0.05) is 47.8 Å². The summed E-state index contributed by atoms with van der Waals surface area (Å²) in [4.78, 5) is 26.5. The van der Waals surface area contributed by atoms with Gasteiger partial charge in [-0.05, 0) is 106 Å². The molecule has 2 heterocycles. The molecule has 1 saturated carbocycles. The van der Waals surface area contributed by atoms with Crippen LogP contribution in [0.5, 0.6) is 0 Å². The summed E-state index contributed by atoms with van der Waals surface area (Å²) >= 11 is -2.94. The normalized spacial score (nSPS) is 17.5. The highest BCUT2D eigenvalue weighted by molar-refractivity contribution is 7.76. The largest absolute Gasteiger partial charge is 0.760 e. The number of halogens is 4. The first-order valence-electron chi connectivity index (χ1n) is 16.5. The van der Waals surface area contributed by atoms with E-state index in [0.717, 1.165) is 42.0 Å². The van der Waals surface area contributed by atoms with Crippen molar-refractivity contribution in [2.75, 3.05) is 14.2 Å². The van der Waals surface area contributed by atoms with Gasteiger partial charge in [0.25, 0.3) is 5.91 Å². The fourth-order valence-electron chi connectivity index (χ4n) is 6.40. The van der Waals surface area contributed by atoms with Crippen molar-refractivity contribution in [3.05, 3.63) is 87.7 Å². The number of nitrogens with one attached hydrogen (secondary N) is 1. The van der Waals surface area contributed by atoms with Crippen LogP contribution in [0.2, 0.25) is 0 Å². The third-order valence-electron chi connectivity index (χ3n) is 9.95. The standard InChI is InChI=1S/C36H37BF4N2O8S/c1-34(2)35(3,4)51-37(50-34)30-26(36(39,40)41)14-11-21(28(30)33(45)48-6)17-43(52(46)47)18-22-15-27-25(16-24(22)19-7-8-19)29(32(44)42-5)31(49-27)20-9-12-23(38)13-10-20/h9-16,19H,7-8,17-18H2,1-6H3,(H,42,44)(H,46,47)/p-1. The maximum atomic E-state index is 14.5. The summed E-state index contributed by atoms with van der Waals surface area (Å²) in [6, 6.07) is 10.7. The maximum Gasteiger partial charge on any atom is 0.496 e. The molecule has 2 fully saturated rings. The van der Waals surface area contributed by atoms with Gasteiger partial charge >= 0.3 is 19.3 Å². The number of hydrogen-bond donors (Lipinski definition) is 1. The molecular weight excluding hydrogens is 707 g/mol. The Kier molecular flexibility index (Phi) is 9.94. The van der Waals surface area contributed by atoms with E-state index in [9.17, 15) is 35.9 Å². The van der Waals surface area contributed by atoms with Crippen molar-refractivity contribution in [1.29, 1.82) is 0 Å². The summed E-state index contributed by atoms with van der Waals surface area (Å²) in [5, 5.41) is 3.09. The fourth-order valence-corrected chi connectivity index (χ4v) is 6.89. The van der Waals surface area contributed by atoms with E-state index in [4.69, 9.17) is 18.5 Å². The third-order valence-corrected chi connectivity index (χ3v) is 10.6. The van der Waals surface area contributed by atoms with Gasteiger partial charge in [0.15, 0.2) is 0 Å². The monoisotopic (exact) mass is 743 g/mol. The van der Waals surface area contributed by atoms with Crippen LogP contribution in [0, 0.1) is 5.82 Å². The number of fused-ring (bicyclic) bond motifs is 1. The smallest absolute Gasteiger partial charge is 0.496 e. The molecule has 0 radical (unpaired) electrons. The minimum atomic E-state index is -4.93. The lowest BCUT2D eigenvalue weighted by atomic mass is 9.71. The number of alkyl halides is 3. The van der Waals surface area contributed by atoms with Gasteiger partial charge in [0.2, 0.25) is 0 Å². The summed E-state index contributed by atoms with van der Waals surface area (Å²) < 4.78 is 107. The Balaban J connectivity index is 1.46. The van der Waals surface area contributed by atoms with Crippen LogP contribution in [0.15, 0.2) is 52.9 Å². The molecule has 6 rings (SSSR count). The highest BCUT2D eigenvalue weighted by atomic mass is 32.2. The Morgan fingerprint density at radius 3 is 2.15 bits per heavy atom. The van der Waals surface area contributed by atoms with Gasteiger partial charge < -0.3 is 28.3 Å². The Hall–Kier alpha value is -4.09. The number of rotatable bonds is 10. The number of carbonyl (C=O) groups is 2. The molecule has 0 spiro atoms. The van der Waals surface area contributed by atoms with Gasteiger partial charge in [-0.2, -0.15) is 13.2 Å². The van der Waals surface area contributed by atoms with Crippen molar-refractivity contribution >= 4 is 46.7 Å². The van der Waals surface area contributed by atoms with Crippen LogP contribution in [-0.2, 0) is 44.6 Å². The number of furan rings is 1. The average Bonchev–Trinajstić information content (AvgIpc) is 3.81. The molecule has 10 nitrogen and oxygen atoms in total. The molecule has 16 heteroatoms. The lowest BCUT2D eigenvalue weighted by Crippen LogP contribution is -2.44. The molecule has 276 valence electrons. The van der Waals surface area contributed by atoms with Crippen LogP contribution < -0.4 is 10.8 Å². The Morgan fingerprint density at radius 2 is 1.62 bits per heavy atom. The van der Waals surface area contributed by atoms with Crippen molar-refractivity contribution in [2.24, 2.45) is 0 Å². The summed E-state index contributed by atoms with van der Waals surface area (Å²) in [7, 11) is 0.849. The first kappa shape index (κ1) is 37.7. The van der Waals surface area contributed by atoms with Gasteiger partial charge in [-0.3, -0.25) is 9.00 Å². The second kappa shape index (κ2) is 13.7. The highest BCUT2D eigenvalue weighted by Crippen LogP contribution is 2.45. The van der Waals surface area contributed by atoms with Crippen molar-refractivity contribution in [3.8, 4) is 11.3 Å². The lowest BCUT2D eigenvalue weighted by Gasteiger charge is -2.32. The molecule has 1 atom stereocenters. The molecule has 0 bridgehead atoms. The minimum absolute atomic E-state index is 0.0507. The number of nitrogens with zero attached hydrogens (tertiary/aromatic N) is 1. The molecule has 52 heavy (non-hydrogen) atoms. The lowest BCUT2D eigenvalue weighted by molar-refractivity contribution is -0.136. The summed E-state index contributed by atoms with van der Waals surface area (Å²) in [5.41, 5.74) is -2.29. The van der Waals surface area contributed by atoms with E-state index in [-0.39, 0.29) is 34.9 Å². The van der Waals surface area contributed by atoms with E-state index in [1.165, 1.54) is 31.3 Å². The number of methoxy groups -OCH3 is 1. The zero-order valence-corrected chi connectivity index (χ0v) is 30.1. The van der Waals surface area contributed by atoms with E-state index >= 15 is 0 Å². The predicted molar refractivity (Wildman–Crippen MR) is 184 cm³/mol. The summed E-state index contributed by atoms with van der Waals surface area (Å²) in [6.45, 7) is 5.83. The highest BCUT2D eigenvalue weighted by Gasteiger charge is 2.55. The molecule has 1 saturated heterocycles. The Morgan fingerprint density at radius 1 is 1.00 bits per heavy atom. The molecule has 1 unspecified atom stereocenters. The van der Waals surface area contributed by atoms with Crippen LogP contribution in [0.3, 0.4) is 0 Å². The third kappa shape index (κ3) is 7.01. The molecule has 4 aromatic rings. The van der Waals surface area contributed by atoms with Crippen LogP contribution >= 0.6 is 0 Å². The first-order valence-corrected chi connectivity index (χ1v) is 17.5. The van der Waals surface area contributed by atoms with Crippen molar-refractivity contribution in [1.82, 2.24) is 9.62 Å². The number of amides is 1. The number of ether oxygens (including phenoxy) is 1. The number of benzene rings is 3. The fraction of sp³-hybridized carbons (Fsp3) is 0.389. The topological polar surface area (TPSA) is 130 Å². The van der Waals surface area contributed by atoms with Gasteiger partial charge in [0.1, 0.15) is 17.2 Å². The average molecular weight is 744 g/mol. The van der Waals surface area contributed by atoms with Gasteiger partial charge in [-0.25, -0.2) is 13.5 Å². The maximum absolute atomic E-state index is 14.5. The van der Waals surface area contributed by atoms with Crippen LogP contribution in [0.25, 0.3) is 22.3 Å². The second-order valence-corrected chi connectivity index (χ2v) is 14.8.